The summed E-state index contributed by atoms with van der Waals surface area (Å²) in [6.07, 6.45) is 2.56. The van der Waals surface area contributed by atoms with E-state index in [1.165, 1.54) is 29.8 Å². The molecule has 0 atom stereocenters. The highest BCUT2D eigenvalue weighted by Crippen LogP contribution is 2.40. The highest BCUT2D eigenvalue weighted by atomic mass is 32.2. The molecule has 3 rings (SSSR count). The first-order valence-corrected chi connectivity index (χ1v) is 7.88. The number of rotatable bonds is 5. The highest BCUT2D eigenvalue weighted by Gasteiger charge is 2.29. The van der Waals surface area contributed by atoms with Crippen molar-refractivity contribution in [1.29, 1.82) is 0 Å². The Morgan fingerprint density at radius 2 is 2.05 bits per heavy atom. The van der Waals surface area contributed by atoms with Crippen molar-refractivity contribution < 1.29 is 0 Å². The Hall–Kier alpha value is -1.29. The fourth-order valence-corrected chi connectivity index (χ4v) is 3.35. The van der Waals surface area contributed by atoms with Gasteiger partial charge in [-0.2, -0.15) is 0 Å². The number of thioether (sulfide) groups is 1. The minimum Gasteiger partial charge on any atom is -0.306 e. The molecule has 1 aliphatic carbocycles. The van der Waals surface area contributed by atoms with Gasteiger partial charge in [0.05, 0.1) is 0 Å². The lowest BCUT2D eigenvalue weighted by molar-refractivity contribution is 0.643. The maximum absolute atomic E-state index is 4.38. The molecule has 19 heavy (non-hydrogen) atoms. The molecule has 2 aromatic rings. The van der Waals surface area contributed by atoms with Crippen molar-refractivity contribution in [3.63, 3.8) is 0 Å². The summed E-state index contributed by atoms with van der Waals surface area (Å²) in [5, 5.41) is 9.81. The third-order valence-electron chi connectivity index (χ3n) is 3.62. The van der Waals surface area contributed by atoms with Crippen LogP contribution in [-0.4, -0.2) is 14.8 Å². The molecule has 0 radical (unpaired) electrons. The summed E-state index contributed by atoms with van der Waals surface area (Å²) in [6.45, 7) is 5.30. The van der Waals surface area contributed by atoms with Crippen molar-refractivity contribution in [3.05, 3.63) is 41.2 Å². The normalized spacial score (nSPS) is 14.8. The van der Waals surface area contributed by atoms with Crippen molar-refractivity contribution in [3.8, 4) is 0 Å². The number of benzene rings is 1. The predicted octanol–water partition coefficient (Wildman–Crippen LogP) is 3.78. The van der Waals surface area contributed by atoms with Gasteiger partial charge >= 0.3 is 0 Å². The van der Waals surface area contributed by atoms with Crippen LogP contribution in [0.4, 0.5) is 0 Å². The number of aryl methyl sites for hydroxylation is 1. The van der Waals surface area contributed by atoms with Gasteiger partial charge in [0, 0.05) is 18.2 Å². The zero-order chi connectivity index (χ0) is 13.2. The van der Waals surface area contributed by atoms with Crippen LogP contribution in [0.1, 0.15) is 42.6 Å². The van der Waals surface area contributed by atoms with E-state index in [1.807, 2.05) is 0 Å². The molecule has 1 heterocycles. The molecule has 0 bridgehead atoms. The van der Waals surface area contributed by atoms with Gasteiger partial charge in [-0.3, -0.25) is 0 Å². The van der Waals surface area contributed by atoms with Crippen LogP contribution in [-0.2, 0) is 12.3 Å². The molecular formula is C15H19N3S. The average molecular weight is 273 g/mol. The van der Waals surface area contributed by atoms with Gasteiger partial charge in [0.2, 0.25) is 0 Å². The van der Waals surface area contributed by atoms with Crippen molar-refractivity contribution in [2.75, 3.05) is 0 Å². The minimum absolute atomic E-state index is 0.667. The molecule has 3 nitrogen and oxygen atoms in total. The Morgan fingerprint density at radius 1 is 1.26 bits per heavy atom. The molecular weight excluding hydrogens is 254 g/mol. The van der Waals surface area contributed by atoms with Crippen LogP contribution >= 0.6 is 11.8 Å². The summed E-state index contributed by atoms with van der Waals surface area (Å²) >= 11 is 1.79. The van der Waals surface area contributed by atoms with E-state index in [-0.39, 0.29) is 0 Å². The summed E-state index contributed by atoms with van der Waals surface area (Å²) in [7, 11) is 0. The predicted molar refractivity (Wildman–Crippen MR) is 78.4 cm³/mol. The Morgan fingerprint density at radius 3 is 2.74 bits per heavy atom. The topological polar surface area (TPSA) is 30.7 Å². The van der Waals surface area contributed by atoms with E-state index in [0.29, 0.717) is 5.92 Å². The second kappa shape index (κ2) is 5.37. The van der Waals surface area contributed by atoms with Crippen LogP contribution in [0.2, 0.25) is 0 Å². The van der Waals surface area contributed by atoms with Gasteiger partial charge in [0.25, 0.3) is 0 Å². The first kappa shape index (κ1) is 12.7. The van der Waals surface area contributed by atoms with Gasteiger partial charge in [0.1, 0.15) is 5.82 Å². The average Bonchev–Trinajstić information content (AvgIpc) is 3.18. The van der Waals surface area contributed by atoms with Crippen molar-refractivity contribution in [2.24, 2.45) is 0 Å². The van der Waals surface area contributed by atoms with E-state index in [2.05, 4.69) is 52.9 Å². The summed E-state index contributed by atoms with van der Waals surface area (Å²) in [5.41, 5.74) is 2.73. The highest BCUT2D eigenvalue weighted by molar-refractivity contribution is 7.98. The molecule has 0 spiro atoms. The Balaban J connectivity index is 1.75. The number of hydrogen-bond donors (Lipinski definition) is 0. The zero-order valence-electron chi connectivity index (χ0n) is 11.5. The lowest BCUT2D eigenvalue weighted by Gasteiger charge is -2.07. The summed E-state index contributed by atoms with van der Waals surface area (Å²) in [5.74, 6) is 2.82. The van der Waals surface area contributed by atoms with Gasteiger partial charge < -0.3 is 4.57 Å². The molecule has 0 amide bonds. The van der Waals surface area contributed by atoms with E-state index in [9.17, 15) is 0 Å². The maximum atomic E-state index is 4.38. The van der Waals surface area contributed by atoms with Gasteiger partial charge in [-0.15, -0.1) is 10.2 Å². The first-order chi connectivity index (χ1) is 9.29. The summed E-state index contributed by atoms with van der Waals surface area (Å²) in [4.78, 5) is 0. The standard InChI is InChI=1S/C15H19N3S/c1-3-18-14(12-8-9-12)16-17-15(18)19-10-13-7-5-4-6-11(13)2/h4-7,12H,3,8-10H2,1-2H3. The number of hydrogen-bond acceptors (Lipinski definition) is 3. The van der Waals surface area contributed by atoms with Crippen molar-refractivity contribution in [2.45, 2.75) is 50.1 Å². The third-order valence-corrected chi connectivity index (χ3v) is 4.64. The second-order valence-corrected chi connectivity index (χ2v) is 6.02. The lowest BCUT2D eigenvalue weighted by atomic mass is 10.1. The molecule has 1 fully saturated rings. The zero-order valence-corrected chi connectivity index (χ0v) is 12.3. The SMILES string of the molecule is CCn1c(SCc2ccccc2C)nnc1C1CC1. The van der Waals surface area contributed by atoms with Gasteiger partial charge in [-0.05, 0) is 37.8 Å². The fourth-order valence-electron chi connectivity index (χ4n) is 2.26. The number of aromatic nitrogens is 3. The van der Waals surface area contributed by atoms with E-state index in [4.69, 9.17) is 0 Å². The molecule has 1 aliphatic rings. The van der Waals surface area contributed by atoms with Crippen molar-refractivity contribution >= 4 is 11.8 Å². The van der Waals surface area contributed by atoms with Crippen LogP contribution in [0, 0.1) is 6.92 Å². The second-order valence-electron chi connectivity index (χ2n) is 5.07. The monoisotopic (exact) mass is 273 g/mol. The molecule has 1 aromatic heterocycles. The molecule has 0 unspecified atom stereocenters. The quantitative estimate of drug-likeness (QED) is 0.777. The van der Waals surface area contributed by atoms with Crippen LogP contribution < -0.4 is 0 Å². The minimum atomic E-state index is 0.667. The van der Waals surface area contributed by atoms with Gasteiger partial charge in [0.15, 0.2) is 5.16 Å². The molecule has 0 saturated heterocycles. The maximum Gasteiger partial charge on any atom is 0.191 e. The van der Waals surface area contributed by atoms with Crippen LogP contribution in [0.5, 0.6) is 0 Å². The largest absolute Gasteiger partial charge is 0.306 e. The van der Waals surface area contributed by atoms with Crippen LogP contribution in [0.25, 0.3) is 0 Å². The molecule has 4 heteroatoms. The Bertz CT molecular complexity index is 573. The molecule has 0 N–H and O–H groups in total. The molecule has 1 aromatic carbocycles. The van der Waals surface area contributed by atoms with Gasteiger partial charge in [-0.1, -0.05) is 36.0 Å². The van der Waals surface area contributed by atoms with E-state index in [0.717, 1.165) is 17.5 Å². The van der Waals surface area contributed by atoms with Gasteiger partial charge in [-0.25, -0.2) is 0 Å². The number of nitrogens with zero attached hydrogens (tertiary/aromatic N) is 3. The van der Waals surface area contributed by atoms with E-state index < -0.39 is 0 Å². The van der Waals surface area contributed by atoms with E-state index in [1.54, 1.807) is 11.8 Å². The Kier molecular flexibility index (Phi) is 3.60. The third kappa shape index (κ3) is 2.68. The smallest absolute Gasteiger partial charge is 0.191 e. The Labute approximate surface area is 118 Å². The lowest BCUT2D eigenvalue weighted by Crippen LogP contribution is -2.02. The van der Waals surface area contributed by atoms with E-state index >= 15 is 0 Å². The first-order valence-electron chi connectivity index (χ1n) is 6.90. The van der Waals surface area contributed by atoms with Crippen molar-refractivity contribution in [1.82, 2.24) is 14.8 Å². The summed E-state index contributed by atoms with van der Waals surface area (Å²) < 4.78 is 2.28. The summed E-state index contributed by atoms with van der Waals surface area (Å²) in [6, 6.07) is 8.54. The van der Waals surface area contributed by atoms with Crippen LogP contribution in [0.15, 0.2) is 29.4 Å². The fraction of sp³-hybridized carbons (Fsp3) is 0.467. The molecule has 100 valence electrons. The molecule has 1 saturated carbocycles. The molecule has 0 aliphatic heterocycles. The van der Waals surface area contributed by atoms with Crippen LogP contribution in [0.3, 0.4) is 0 Å².